The number of carbonyl (C=O) groups is 3. The summed E-state index contributed by atoms with van der Waals surface area (Å²) < 4.78 is 64.8. The topological polar surface area (TPSA) is 374 Å². The number of carbonyl (C=O) groups excluding carboxylic acids is 3. The first-order valence-electron chi connectivity index (χ1n) is 38.8. The fourth-order valence-corrected chi connectivity index (χ4v) is 13.6. The van der Waals surface area contributed by atoms with Crippen molar-refractivity contribution in [3.8, 4) is 0 Å². The van der Waals surface area contributed by atoms with E-state index in [1.165, 1.54) is 160 Å². The Morgan fingerprint density at radius 1 is 0.410 bits per heavy atom. The van der Waals surface area contributed by atoms with Gasteiger partial charge < -0.3 is 89.1 Å². The molecule has 0 aromatic rings. The molecule has 584 valence electrons. The molecular weight excluding hydrogens is 1320 g/mol. The highest BCUT2D eigenvalue weighted by atomic mass is 31.2. The van der Waals surface area contributed by atoms with Crippen LogP contribution in [0.5, 0.6) is 0 Å². The molecule has 2 heterocycles. The van der Waals surface area contributed by atoms with E-state index in [0.717, 1.165) is 96.0 Å². The maximum Gasteiger partial charge on any atom is 0.472 e. The van der Waals surface area contributed by atoms with Gasteiger partial charge in [-0.25, -0.2) is 9.36 Å². The average molecular weight is 1450 g/mol. The third-order valence-electron chi connectivity index (χ3n) is 19.0. The van der Waals surface area contributed by atoms with Crippen molar-refractivity contribution in [3.05, 3.63) is 36.5 Å². The van der Waals surface area contributed by atoms with Crippen LogP contribution in [-0.4, -0.2) is 204 Å². The van der Waals surface area contributed by atoms with Crippen LogP contribution >= 0.6 is 7.82 Å². The van der Waals surface area contributed by atoms with Gasteiger partial charge >= 0.3 is 25.7 Å². The van der Waals surface area contributed by atoms with Crippen molar-refractivity contribution in [2.75, 3.05) is 26.4 Å². The molecule has 100 heavy (non-hydrogen) atoms. The van der Waals surface area contributed by atoms with E-state index in [1.807, 2.05) is 6.08 Å². The van der Waals surface area contributed by atoms with Crippen molar-refractivity contribution in [2.24, 2.45) is 0 Å². The van der Waals surface area contributed by atoms with Gasteiger partial charge in [0.2, 0.25) is 0 Å². The Morgan fingerprint density at radius 2 is 0.770 bits per heavy atom. The summed E-state index contributed by atoms with van der Waals surface area (Å²) >= 11 is 0. The minimum atomic E-state index is -5.73. The third-order valence-corrected chi connectivity index (χ3v) is 20.0. The van der Waals surface area contributed by atoms with E-state index in [9.17, 15) is 74.9 Å². The van der Waals surface area contributed by atoms with E-state index < -0.39 is 156 Å². The van der Waals surface area contributed by atoms with E-state index in [4.69, 9.17) is 42.2 Å². The molecule has 3 aliphatic rings. The van der Waals surface area contributed by atoms with Crippen LogP contribution in [0.25, 0.3) is 0 Å². The number of rotatable bonds is 60. The van der Waals surface area contributed by atoms with Crippen LogP contribution in [-0.2, 0) is 61.2 Å². The van der Waals surface area contributed by atoms with Gasteiger partial charge in [-0.05, 0) is 51.4 Å². The van der Waals surface area contributed by atoms with Crippen LogP contribution < -0.4 is 0 Å². The summed E-state index contributed by atoms with van der Waals surface area (Å²) in [6, 6.07) is 0. The zero-order valence-corrected chi connectivity index (χ0v) is 61.9. The standard InChI is InChI=1S/C75H135O24P/c1-4-7-10-13-16-19-22-25-27-28-30-32-35-38-41-44-47-50-60(78)92-55-58-63(81)65(83)70(88)75(96-58)98-72-68(86)66(84)67(85)71(97-74-69(87)64(82)62(80)57(52-76)95-74)73(72)99-100(89,90)93-54-56(53-91-59(77)49-46-43-40-37-34-31-24-21-18-15-12-9-6-3)94-61(79)51-48-45-42-39-36-33-29-26-23-20-17-14-11-8-5-2/h31,34,42,45,48,51,56-58,62-76,80-88H,4-30,32-33,35-41,43-44,46-47,49-50,52-55H2,1-3H3,(H,89,90)/b34-31-,45-42+,51-48+. The van der Waals surface area contributed by atoms with E-state index in [2.05, 4.69) is 32.9 Å². The number of unbranched alkanes of at least 4 members (excludes halogenated alkanes) is 36. The zero-order chi connectivity index (χ0) is 73.2. The van der Waals surface area contributed by atoms with Crippen molar-refractivity contribution < 1.29 is 117 Å². The smallest absolute Gasteiger partial charge is 0.463 e. The maximum atomic E-state index is 14.3. The summed E-state index contributed by atoms with van der Waals surface area (Å²) in [7, 11) is -5.73. The minimum Gasteiger partial charge on any atom is -0.463 e. The molecule has 0 bridgehead atoms. The highest BCUT2D eigenvalue weighted by Crippen LogP contribution is 2.49. The Hall–Kier alpha value is -2.82. The molecule has 0 aromatic carbocycles. The second-order valence-electron chi connectivity index (χ2n) is 27.8. The van der Waals surface area contributed by atoms with Crippen LogP contribution in [0.1, 0.15) is 290 Å². The fourth-order valence-electron chi connectivity index (χ4n) is 12.7. The molecule has 2 aliphatic heterocycles. The van der Waals surface area contributed by atoms with Crippen molar-refractivity contribution in [1.29, 1.82) is 0 Å². The molecule has 0 amide bonds. The number of aliphatic hydroxyl groups excluding tert-OH is 10. The highest BCUT2D eigenvalue weighted by molar-refractivity contribution is 7.47. The predicted molar refractivity (Wildman–Crippen MR) is 379 cm³/mol. The molecule has 11 N–H and O–H groups in total. The molecule has 24 nitrogen and oxygen atoms in total. The Labute approximate surface area is 597 Å². The lowest BCUT2D eigenvalue weighted by Gasteiger charge is -2.49. The first kappa shape index (κ1) is 91.4. The van der Waals surface area contributed by atoms with Crippen LogP contribution in [0.2, 0.25) is 0 Å². The number of aliphatic hydroxyl groups is 10. The number of phosphoric ester groups is 1. The lowest BCUT2D eigenvalue weighted by Crippen LogP contribution is -2.69. The molecule has 1 aliphatic carbocycles. The van der Waals surface area contributed by atoms with Gasteiger partial charge in [0.25, 0.3) is 0 Å². The molecule has 0 radical (unpaired) electrons. The van der Waals surface area contributed by atoms with E-state index in [1.54, 1.807) is 6.08 Å². The summed E-state index contributed by atoms with van der Waals surface area (Å²) in [5.74, 6) is -2.26. The predicted octanol–water partition coefficient (Wildman–Crippen LogP) is 11.1. The fraction of sp³-hybridized carbons (Fsp3) is 0.880. The summed E-state index contributed by atoms with van der Waals surface area (Å²) in [6.07, 6.45) is 19.9. The van der Waals surface area contributed by atoms with Gasteiger partial charge in [-0.2, -0.15) is 0 Å². The number of hydrogen-bond donors (Lipinski definition) is 11. The Balaban J connectivity index is 1.73. The first-order valence-corrected chi connectivity index (χ1v) is 40.3. The molecule has 18 unspecified atom stereocenters. The van der Waals surface area contributed by atoms with Gasteiger partial charge in [0.15, 0.2) is 18.7 Å². The van der Waals surface area contributed by atoms with E-state index in [0.29, 0.717) is 12.8 Å². The van der Waals surface area contributed by atoms with E-state index in [-0.39, 0.29) is 12.8 Å². The van der Waals surface area contributed by atoms with Crippen molar-refractivity contribution in [2.45, 2.75) is 395 Å². The van der Waals surface area contributed by atoms with Crippen LogP contribution in [0, 0.1) is 0 Å². The lowest BCUT2D eigenvalue weighted by molar-refractivity contribution is -0.360. The Kier molecular flexibility index (Phi) is 51.6. The second kappa shape index (κ2) is 56.5. The van der Waals surface area contributed by atoms with Gasteiger partial charge in [-0.15, -0.1) is 0 Å². The second-order valence-corrected chi connectivity index (χ2v) is 29.2. The number of ether oxygens (including phenoxy) is 7. The summed E-state index contributed by atoms with van der Waals surface area (Å²) in [5.41, 5.74) is 0. The van der Waals surface area contributed by atoms with Gasteiger partial charge in [0, 0.05) is 18.9 Å². The van der Waals surface area contributed by atoms with Gasteiger partial charge in [0.05, 0.1) is 13.2 Å². The normalized spacial score (nSPS) is 27.5. The van der Waals surface area contributed by atoms with Crippen LogP contribution in [0.4, 0.5) is 0 Å². The van der Waals surface area contributed by atoms with Gasteiger partial charge in [0.1, 0.15) is 98.7 Å². The Morgan fingerprint density at radius 3 is 1.20 bits per heavy atom. The molecule has 2 saturated heterocycles. The zero-order valence-electron chi connectivity index (χ0n) is 61.0. The molecule has 3 rings (SSSR count). The number of hydrogen-bond acceptors (Lipinski definition) is 23. The number of allylic oxidation sites excluding steroid dienone is 5. The van der Waals surface area contributed by atoms with Gasteiger partial charge in [-0.3, -0.25) is 18.6 Å². The molecular formula is C75H135O24P. The Bertz CT molecular complexity index is 2210. The van der Waals surface area contributed by atoms with Crippen LogP contribution in [0.3, 0.4) is 0 Å². The number of phosphoric acid groups is 1. The average Bonchev–Trinajstić information content (AvgIpc) is 0.760. The molecule has 25 heteroatoms. The van der Waals surface area contributed by atoms with Crippen molar-refractivity contribution in [1.82, 2.24) is 0 Å². The van der Waals surface area contributed by atoms with Crippen LogP contribution in [0.15, 0.2) is 36.5 Å². The summed E-state index contributed by atoms with van der Waals surface area (Å²) in [5, 5.41) is 110. The molecule has 3 fully saturated rings. The van der Waals surface area contributed by atoms with Gasteiger partial charge in [-0.1, -0.05) is 257 Å². The minimum absolute atomic E-state index is 0.00471. The molecule has 0 spiro atoms. The van der Waals surface area contributed by atoms with Crippen molar-refractivity contribution >= 4 is 25.7 Å². The monoisotopic (exact) mass is 1450 g/mol. The summed E-state index contributed by atoms with van der Waals surface area (Å²) in [6.45, 7) is 3.33. The quantitative estimate of drug-likeness (QED) is 0.00512. The highest BCUT2D eigenvalue weighted by Gasteiger charge is 2.58. The number of esters is 3. The molecule has 0 aromatic heterocycles. The van der Waals surface area contributed by atoms with E-state index >= 15 is 0 Å². The SMILES string of the molecule is CCCCCCCC/C=C\CCCCCC(=O)OCC(COP(=O)(O)OC1C(OC2OC(CO)C(O)C(O)C2O)C(O)C(O)C(O)C1OC1OC(COC(=O)CCCCCCCCCCCCCCCCCCC)C(O)C(O)C1O)OC(=O)/C=C/C=C/CCCCCCCCCCCCC. The lowest BCUT2D eigenvalue weighted by atomic mass is 9.84. The van der Waals surface area contributed by atoms with Crippen molar-refractivity contribution in [3.63, 3.8) is 0 Å². The maximum absolute atomic E-state index is 14.3. The molecule has 1 saturated carbocycles. The molecule has 18 atom stereocenters. The first-order chi connectivity index (χ1) is 48.3. The third kappa shape index (κ3) is 39.0. The largest absolute Gasteiger partial charge is 0.472 e. The summed E-state index contributed by atoms with van der Waals surface area (Å²) in [4.78, 5) is 50.9.